The number of hydrogen-bond acceptors (Lipinski definition) is 3. The zero-order valence-electron chi connectivity index (χ0n) is 17.3. The summed E-state index contributed by atoms with van der Waals surface area (Å²) in [6.45, 7) is 8.64. The number of rotatable bonds is 5. The lowest BCUT2D eigenvalue weighted by Gasteiger charge is -2.33. The van der Waals surface area contributed by atoms with E-state index < -0.39 is 10.0 Å². The monoisotopic (exact) mass is 408 g/mol. The fourth-order valence-corrected chi connectivity index (χ4v) is 6.11. The van der Waals surface area contributed by atoms with E-state index in [9.17, 15) is 13.2 Å². The van der Waals surface area contributed by atoms with Gasteiger partial charge in [0.25, 0.3) is 5.91 Å². The van der Waals surface area contributed by atoms with Crippen LogP contribution in [-0.4, -0.2) is 57.4 Å². The van der Waals surface area contributed by atoms with Crippen LogP contribution in [0.4, 0.5) is 0 Å². The minimum atomic E-state index is -3.48. The number of amides is 1. The Labute approximate surface area is 169 Å². The first kappa shape index (κ1) is 21.3. The van der Waals surface area contributed by atoms with Crippen LogP contribution >= 0.6 is 0 Å². The maximum atomic E-state index is 13.0. The zero-order chi connectivity index (χ0) is 20.3. The number of benzene rings is 1. The molecule has 1 aliphatic carbocycles. The van der Waals surface area contributed by atoms with E-state index in [4.69, 9.17) is 0 Å². The van der Waals surface area contributed by atoms with Gasteiger partial charge in [0.2, 0.25) is 10.0 Å². The molecule has 0 aromatic heterocycles. The molecule has 1 aromatic rings. The highest BCUT2D eigenvalue weighted by atomic mass is 32.2. The lowest BCUT2D eigenvalue weighted by Crippen LogP contribution is -3.15. The van der Waals surface area contributed by atoms with Crippen LogP contribution in [0.25, 0.3) is 0 Å². The van der Waals surface area contributed by atoms with E-state index in [1.807, 2.05) is 26.0 Å². The summed E-state index contributed by atoms with van der Waals surface area (Å²) in [5.74, 6) is 0.645. The molecule has 0 unspecified atom stereocenters. The van der Waals surface area contributed by atoms with Gasteiger partial charge >= 0.3 is 0 Å². The van der Waals surface area contributed by atoms with Crippen molar-refractivity contribution in [2.75, 3.05) is 32.7 Å². The highest BCUT2D eigenvalue weighted by Gasteiger charge is 2.32. The quantitative estimate of drug-likeness (QED) is 0.760. The predicted octanol–water partition coefficient (Wildman–Crippen LogP) is 0.888. The summed E-state index contributed by atoms with van der Waals surface area (Å²) in [7, 11) is -3.48. The molecule has 7 heteroatoms. The van der Waals surface area contributed by atoms with Gasteiger partial charge in [-0.2, -0.15) is 4.31 Å². The van der Waals surface area contributed by atoms with Crippen molar-refractivity contribution in [3.05, 3.63) is 29.3 Å². The summed E-state index contributed by atoms with van der Waals surface area (Å²) in [5.41, 5.74) is 1.73. The third-order valence-corrected chi connectivity index (χ3v) is 8.30. The molecule has 3 rings (SSSR count). The molecule has 2 N–H and O–H groups in total. The molecule has 1 saturated carbocycles. The molecule has 0 spiro atoms. The highest BCUT2D eigenvalue weighted by Crippen LogP contribution is 2.23. The Morgan fingerprint density at radius 2 is 1.86 bits per heavy atom. The summed E-state index contributed by atoms with van der Waals surface area (Å²) in [5, 5.41) is 3.21. The van der Waals surface area contributed by atoms with Crippen molar-refractivity contribution in [3.63, 3.8) is 0 Å². The maximum absolute atomic E-state index is 13.0. The molecular weight excluding hydrogens is 374 g/mol. The summed E-state index contributed by atoms with van der Waals surface area (Å²) in [4.78, 5) is 14.0. The zero-order valence-corrected chi connectivity index (χ0v) is 18.1. The largest absolute Gasteiger partial charge is 0.348 e. The molecular formula is C21H34N3O3S+. The summed E-state index contributed by atoms with van der Waals surface area (Å²) >= 11 is 0. The molecule has 1 heterocycles. The van der Waals surface area contributed by atoms with E-state index in [0.717, 1.165) is 22.4 Å². The molecule has 1 saturated heterocycles. The fourth-order valence-electron chi connectivity index (χ4n) is 4.36. The minimum absolute atomic E-state index is 0.0968. The van der Waals surface area contributed by atoms with E-state index >= 15 is 0 Å². The van der Waals surface area contributed by atoms with Gasteiger partial charge in [-0.05, 0) is 49.8 Å². The van der Waals surface area contributed by atoms with Gasteiger partial charge in [-0.1, -0.05) is 31.9 Å². The standard InChI is InChI=1S/C21H33N3O3S/c1-16-8-9-18(3)20(14-16)28(26,27)24-12-10-23(11-13-24)15-21(25)22-19-7-5-4-6-17(19)2/h8-9,14,17,19H,4-7,10-13,15H2,1-3H3,(H,22,25)/p+1/t17-,19+/m1/s1. The Balaban J connectivity index is 1.54. The van der Waals surface area contributed by atoms with Crippen LogP contribution in [0.3, 0.4) is 0 Å². The van der Waals surface area contributed by atoms with E-state index in [2.05, 4.69) is 12.2 Å². The molecule has 6 nitrogen and oxygen atoms in total. The van der Waals surface area contributed by atoms with Gasteiger partial charge in [-0.15, -0.1) is 0 Å². The minimum Gasteiger partial charge on any atom is -0.348 e. The molecule has 28 heavy (non-hydrogen) atoms. The summed E-state index contributed by atoms with van der Waals surface area (Å²) in [6, 6.07) is 5.84. The number of carbonyl (C=O) groups excluding carboxylic acids is 1. The van der Waals surface area contributed by atoms with Crippen LogP contribution in [0, 0.1) is 19.8 Å². The SMILES string of the molecule is Cc1ccc(C)c(S(=O)(=O)N2CC[NH+](CC(=O)N[C@H]3CCCC[C@H]3C)CC2)c1. The average molecular weight is 409 g/mol. The van der Waals surface area contributed by atoms with Crippen molar-refractivity contribution in [1.29, 1.82) is 0 Å². The predicted molar refractivity (Wildman–Crippen MR) is 110 cm³/mol. The number of quaternary nitrogens is 1. The number of aryl methyl sites for hydroxylation is 2. The molecule has 1 aliphatic heterocycles. The van der Waals surface area contributed by atoms with Gasteiger partial charge in [-0.3, -0.25) is 4.79 Å². The van der Waals surface area contributed by atoms with Gasteiger partial charge < -0.3 is 10.2 Å². The van der Waals surface area contributed by atoms with Gasteiger partial charge in [0, 0.05) is 6.04 Å². The number of sulfonamides is 1. The maximum Gasteiger partial charge on any atom is 0.275 e. The van der Waals surface area contributed by atoms with Gasteiger partial charge in [0.1, 0.15) is 0 Å². The Hall–Kier alpha value is -1.44. The first-order valence-corrected chi connectivity index (χ1v) is 11.9. The Morgan fingerprint density at radius 3 is 2.54 bits per heavy atom. The van der Waals surface area contributed by atoms with Crippen LogP contribution in [0.2, 0.25) is 0 Å². The molecule has 1 amide bonds. The van der Waals surface area contributed by atoms with Crippen LogP contribution in [0.1, 0.15) is 43.7 Å². The van der Waals surface area contributed by atoms with Crippen LogP contribution in [-0.2, 0) is 14.8 Å². The normalized spacial score (nSPS) is 24.8. The van der Waals surface area contributed by atoms with E-state index in [1.54, 1.807) is 10.4 Å². The molecule has 0 radical (unpaired) electrons. The van der Waals surface area contributed by atoms with Crippen molar-refractivity contribution < 1.29 is 18.1 Å². The number of piperazine rings is 1. The van der Waals surface area contributed by atoms with Gasteiger partial charge in [0.15, 0.2) is 6.54 Å². The second-order valence-corrected chi connectivity index (χ2v) is 10.4. The first-order chi connectivity index (χ1) is 13.3. The molecule has 1 aromatic carbocycles. The van der Waals surface area contributed by atoms with Crippen molar-refractivity contribution in [3.8, 4) is 0 Å². The van der Waals surface area contributed by atoms with Gasteiger partial charge in [0.05, 0.1) is 31.1 Å². The second-order valence-electron chi connectivity index (χ2n) is 8.54. The number of nitrogens with zero attached hydrogens (tertiary/aromatic N) is 1. The lowest BCUT2D eigenvalue weighted by molar-refractivity contribution is -0.895. The third-order valence-electron chi connectivity index (χ3n) is 6.26. The van der Waals surface area contributed by atoms with E-state index in [1.165, 1.54) is 19.3 Å². The second kappa shape index (κ2) is 8.93. The summed E-state index contributed by atoms with van der Waals surface area (Å²) in [6.07, 6.45) is 4.71. The third kappa shape index (κ3) is 4.93. The van der Waals surface area contributed by atoms with E-state index in [-0.39, 0.29) is 5.91 Å². The number of nitrogens with one attached hydrogen (secondary N) is 2. The highest BCUT2D eigenvalue weighted by molar-refractivity contribution is 7.89. The molecule has 2 aliphatic rings. The fraction of sp³-hybridized carbons (Fsp3) is 0.667. The van der Waals surface area contributed by atoms with E-state index in [0.29, 0.717) is 49.6 Å². The van der Waals surface area contributed by atoms with Crippen LogP contribution in [0.15, 0.2) is 23.1 Å². The molecule has 0 bridgehead atoms. The average Bonchev–Trinajstić information content (AvgIpc) is 2.66. The topological polar surface area (TPSA) is 70.9 Å². The van der Waals surface area contributed by atoms with Gasteiger partial charge in [-0.25, -0.2) is 8.42 Å². The van der Waals surface area contributed by atoms with Crippen molar-refractivity contribution in [2.24, 2.45) is 5.92 Å². The Kier molecular flexibility index (Phi) is 6.78. The van der Waals surface area contributed by atoms with Crippen LogP contribution in [0.5, 0.6) is 0 Å². The van der Waals surface area contributed by atoms with Crippen molar-refractivity contribution >= 4 is 15.9 Å². The number of carbonyl (C=O) groups is 1. The molecule has 2 atom stereocenters. The first-order valence-electron chi connectivity index (χ1n) is 10.5. The smallest absolute Gasteiger partial charge is 0.275 e. The van der Waals surface area contributed by atoms with Crippen molar-refractivity contribution in [2.45, 2.75) is 57.4 Å². The molecule has 2 fully saturated rings. The van der Waals surface area contributed by atoms with Crippen LogP contribution < -0.4 is 10.2 Å². The summed E-state index contributed by atoms with van der Waals surface area (Å²) < 4.78 is 27.6. The lowest BCUT2D eigenvalue weighted by atomic mass is 9.86. The Bertz CT molecular complexity index is 801. The molecule has 156 valence electrons. The van der Waals surface area contributed by atoms with Crippen molar-refractivity contribution in [1.82, 2.24) is 9.62 Å². The Morgan fingerprint density at radius 1 is 1.18 bits per heavy atom. The number of hydrogen-bond donors (Lipinski definition) is 2.